The molecule has 0 saturated carbocycles. The number of pyridine rings is 1. The van der Waals surface area contributed by atoms with Crippen LogP contribution in [-0.4, -0.2) is 36.1 Å². The minimum atomic E-state index is -0.112. The van der Waals surface area contributed by atoms with Crippen molar-refractivity contribution in [2.45, 2.75) is 6.54 Å². The minimum absolute atomic E-state index is 0.112. The van der Waals surface area contributed by atoms with E-state index >= 15 is 0 Å². The van der Waals surface area contributed by atoms with Gasteiger partial charge in [-0.05, 0) is 29.8 Å². The van der Waals surface area contributed by atoms with Crippen molar-refractivity contribution in [1.29, 1.82) is 0 Å². The molecular formula is C16H15ClN2O3. The van der Waals surface area contributed by atoms with Gasteiger partial charge in [-0.3, -0.25) is 4.79 Å². The number of halogens is 1. The molecule has 0 atom stereocenters. The van der Waals surface area contributed by atoms with Gasteiger partial charge in [0.15, 0.2) is 11.5 Å². The molecule has 0 spiro atoms. The van der Waals surface area contributed by atoms with Crippen LogP contribution < -0.4 is 9.47 Å². The monoisotopic (exact) mass is 318 g/mol. The molecule has 1 aliphatic heterocycles. The van der Waals surface area contributed by atoms with Crippen LogP contribution in [0.2, 0.25) is 5.15 Å². The third-order valence-electron chi connectivity index (χ3n) is 3.35. The van der Waals surface area contributed by atoms with Crippen LogP contribution >= 0.6 is 11.6 Å². The summed E-state index contributed by atoms with van der Waals surface area (Å²) in [6.45, 7) is 1.58. The van der Waals surface area contributed by atoms with E-state index in [0.717, 1.165) is 17.1 Å². The fourth-order valence-corrected chi connectivity index (χ4v) is 2.37. The van der Waals surface area contributed by atoms with Gasteiger partial charge in [0.1, 0.15) is 18.4 Å². The lowest BCUT2D eigenvalue weighted by atomic mass is 10.1. The Balaban J connectivity index is 1.72. The molecule has 1 amide bonds. The Morgan fingerprint density at radius 2 is 2.00 bits per heavy atom. The summed E-state index contributed by atoms with van der Waals surface area (Å²) in [4.78, 5) is 17.9. The lowest BCUT2D eigenvalue weighted by molar-refractivity contribution is 0.0784. The van der Waals surface area contributed by atoms with Gasteiger partial charge in [-0.1, -0.05) is 17.7 Å². The summed E-state index contributed by atoms with van der Waals surface area (Å²) < 4.78 is 11.0. The van der Waals surface area contributed by atoms with E-state index in [2.05, 4.69) is 4.98 Å². The third-order valence-corrected chi connectivity index (χ3v) is 3.57. The van der Waals surface area contributed by atoms with Gasteiger partial charge >= 0.3 is 0 Å². The highest BCUT2D eigenvalue weighted by Gasteiger charge is 2.15. The quantitative estimate of drug-likeness (QED) is 0.817. The molecule has 0 bridgehead atoms. The molecule has 5 nitrogen and oxygen atoms in total. The van der Waals surface area contributed by atoms with Gasteiger partial charge in [-0.25, -0.2) is 4.98 Å². The van der Waals surface area contributed by atoms with Crippen molar-refractivity contribution >= 4 is 17.5 Å². The van der Waals surface area contributed by atoms with E-state index in [1.54, 1.807) is 24.1 Å². The van der Waals surface area contributed by atoms with E-state index in [1.807, 2.05) is 18.2 Å². The molecule has 2 heterocycles. The van der Waals surface area contributed by atoms with Crippen LogP contribution in [0.1, 0.15) is 15.9 Å². The largest absolute Gasteiger partial charge is 0.486 e. The maximum atomic E-state index is 12.3. The lowest BCUT2D eigenvalue weighted by Gasteiger charge is -2.21. The SMILES string of the molecule is CN(Cc1ccc2c(c1)OCCO2)C(=O)c1ccc(Cl)nc1. The Labute approximate surface area is 133 Å². The first-order valence-corrected chi connectivity index (χ1v) is 7.27. The molecule has 3 rings (SSSR count). The number of carbonyl (C=O) groups is 1. The van der Waals surface area contributed by atoms with Crippen molar-refractivity contribution in [3.63, 3.8) is 0 Å². The van der Waals surface area contributed by atoms with Crippen molar-refractivity contribution in [2.24, 2.45) is 0 Å². The molecule has 0 aliphatic carbocycles. The standard InChI is InChI=1S/C16H15ClN2O3/c1-19(16(20)12-3-5-15(17)18-9-12)10-11-2-4-13-14(8-11)22-7-6-21-13/h2-5,8-9H,6-7,10H2,1H3. The van der Waals surface area contributed by atoms with E-state index in [1.165, 1.54) is 6.20 Å². The number of hydrogen-bond acceptors (Lipinski definition) is 4. The van der Waals surface area contributed by atoms with Crippen LogP contribution in [0.25, 0.3) is 0 Å². The van der Waals surface area contributed by atoms with Crippen LogP contribution in [0.5, 0.6) is 11.5 Å². The zero-order valence-electron chi connectivity index (χ0n) is 12.1. The first-order chi connectivity index (χ1) is 10.6. The van der Waals surface area contributed by atoms with E-state index < -0.39 is 0 Å². The Hall–Kier alpha value is -2.27. The number of carbonyl (C=O) groups excluding carboxylic acids is 1. The average Bonchev–Trinajstić information content (AvgIpc) is 2.55. The number of fused-ring (bicyclic) bond motifs is 1. The van der Waals surface area contributed by atoms with Crippen molar-refractivity contribution in [2.75, 3.05) is 20.3 Å². The number of aromatic nitrogens is 1. The van der Waals surface area contributed by atoms with E-state index in [9.17, 15) is 4.79 Å². The summed E-state index contributed by atoms with van der Waals surface area (Å²) in [5.74, 6) is 1.35. The van der Waals surface area contributed by atoms with Crippen LogP contribution in [-0.2, 0) is 6.54 Å². The van der Waals surface area contributed by atoms with Crippen molar-refractivity contribution in [1.82, 2.24) is 9.88 Å². The molecule has 1 aromatic carbocycles. The van der Waals surface area contributed by atoms with Gasteiger partial charge in [-0.2, -0.15) is 0 Å². The predicted octanol–water partition coefficient (Wildman–Crippen LogP) is 2.78. The Kier molecular flexibility index (Phi) is 4.15. The Morgan fingerprint density at radius 3 is 2.73 bits per heavy atom. The molecule has 1 aromatic heterocycles. The van der Waals surface area contributed by atoms with Gasteiger partial charge in [0.05, 0.1) is 5.56 Å². The molecule has 0 radical (unpaired) electrons. The van der Waals surface area contributed by atoms with E-state index in [0.29, 0.717) is 30.5 Å². The summed E-state index contributed by atoms with van der Waals surface area (Å²) in [6.07, 6.45) is 1.48. The molecule has 114 valence electrons. The second-order valence-electron chi connectivity index (χ2n) is 5.01. The highest BCUT2D eigenvalue weighted by molar-refractivity contribution is 6.29. The summed E-state index contributed by atoms with van der Waals surface area (Å²) in [5.41, 5.74) is 1.48. The normalized spacial score (nSPS) is 12.8. The molecule has 0 fully saturated rings. The Bertz CT molecular complexity index is 688. The molecule has 0 saturated heterocycles. The average molecular weight is 319 g/mol. The number of rotatable bonds is 3. The summed E-state index contributed by atoms with van der Waals surface area (Å²) in [6, 6.07) is 8.96. The fraction of sp³-hybridized carbons (Fsp3) is 0.250. The summed E-state index contributed by atoms with van der Waals surface area (Å²) in [5, 5.41) is 0.367. The molecule has 22 heavy (non-hydrogen) atoms. The van der Waals surface area contributed by atoms with E-state index in [-0.39, 0.29) is 5.91 Å². The maximum Gasteiger partial charge on any atom is 0.255 e. The second kappa shape index (κ2) is 6.23. The van der Waals surface area contributed by atoms with Gasteiger partial charge in [0.25, 0.3) is 5.91 Å². The topological polar surface area (TPSA) is 51.7 Å². The highest BCUT2D eigenvalue weighted by Crippen LogP contribution is 2.31. The number of nitrogens with zero attached hydrogens (tertiary/aromatic N) is 2. The van der Waals surface area contributed by atoms with Crippen molar-refractivity contribution in [3.8, 4) is 11.5 Å². The van der Waals surface area contributed by atoms with Gasteiger partial charge in [-0.15, -0.1) is 0 Å². The van der Waals surface area contributed by atoms with Crippen LogP contribution in [0.15, 0.2) is 36.5 Å². The molecule has 6 heteroatoms. The van der Waals surface area contributed by atoms with Crippen molar-refractivity contribution < 1.29 is 14.3 Å². The number of hydrogen-bond donors (Lipinski definition) is 0. The van der Waals surface area contributed by atoms with Gasteiger partial charge in [0.2, 0.25) is 0 Å². The third kappa shape index (κ3) is 3.14. The molecule has 0 N–H and O–H groups in total. The number of benzene rings is 1. The summed E-state index contributed by atoms with van der Waals surface area (Å²) >= 11 is 5.73. The molecule has 1 aliphatic rings. The first-order valence-electron chi connectivity index (χ1n) is 6.89. The summed E-state index contributed by atoms with van der Waals surface area (Å²) in [7, 11) is 1.74. The van der Waals surface area contributed by atoms with Gasteiger partial charge in [0, 0.05) is 19.8 Å². The zero-order chi connectivity index (χ0) is 15.5. The molecule has 2 aromatic rings. The van der Waals surface area contributed by atoms with Crippen LogP contribution in [0.3, 0.4) is 0 Å². The molecule has 0 unspecified atom stereocenters. The van der Waals surface area contributed by atoms with Gasteiger partial charge < -0.3 is 14.4 Å². The minimum Gasteiger partial charge on any atom is -0.486 e. The lowest BCUT2D eigenvalue weighted by Crippen LogP contribution is -2.26. The second-order valence-corrected chi connectivity index (χ2v) is 5.40. The predicted molar refractivity (Wildman–Crippen MR) is 82.5 cm³/mol. The molecular weight excluding hydrogens is 304 g/mol. The van der Waals surface area contributed by atoms with Crippen molar-refractivity contribution in [3.05, 3.63) is 52.8 Å². The Morgan fingerprint density at radius 1 is 1.23 bits per heavy atom. The maximum absolute atomic E-state index is 12.3. The smallest absolute Gasteiger partial charge is 0.255 e. The van der Waals surface area contributed by atoms with Crippen LogP contribution in [0, 0.1) is 0 Å². The highest BCUT2D eigenvalue weighted by atomic mass is 35.5. The van der Waals surface area contributed by atoms with Crippen LogP contribution in [0.4, 0.5) is 0 Å². The number of ether oxygens (including phenoxy) is 2. The number of amides is 1. The van der Waals surface area contributed by atoms with E-state index in [4.69, 9.17) is 21.1 Å². The fourth-order valence-electron chi connectivity index (χ4n) is 2.25. The zero-order valence-corrected chi connectivity index (χ0v) is 12.8. The first kappa shape index (κ1) is 14.7.